The second-order valence-corrected chi connectivity index (χ2v) is 8.85. The van der Waals surface area contributed by atoms with Gasteiger partial charge < -0.3 is 18.7 Å². The second-order valence-electron chi connectivity index (χ2n) is 8.85. The van der Waals surface area contributed by atoms with Crippen molar-refractivity contribution in [2.75, 3.05) is 26.8 Å². The van der Waals surface area contributed by atoms with E-state index in [9.17, 15) is 9.18 Å². The monoisotopic (exact) mass is 497 g/mol. The summed E-state index contributed by atoms with van der Waals surface area (Å²) in [6, 6.07) is 13.8. The Bertz CT molecular complexity index is 1100. The van der Waals surface area contributed by atoms with Gasteiger partial charge in [0, 0.05) is 0 Å². The van der Waals surface area contributed by atoms with Crippen molar-refractivity contribution in [2.45, 2.75) is 45.3 Å². The molecule has 8 nitrogen and oxygen atoms in total. The summed E-state index contributed by atoms with van der Waals surface area (Å²) in [7, 11) is 1.62. The van der Waals surface area contributed by atoms with E-state index in [0.29, 0.717) is 43.0 Å². The van der Waals surface area contributed by atoms with Crippen LogP contribution in [0.1, 0.15) is 49.4 Å². The van der Waals surface area contributed by atoms with Gasteiger partial charge in [-0.2, -0.15) is 4.98 Å². The standard InChI is InChI=1S/C27H32FN3O5/c1-3-34-27(32)16-24(19-4-6-21(28)7-5-19)20-12-14-31(15-13-20)17-26-29-25(30-36-26)18-35-23-10-8-22(33-2)9-11-23/h4-11,20,24H,3,12-18H2,1-2H3/t24-/m1/s1. The highest BCUT2D eigenvalue weighted by molar-refractivity contribution is 5.70. The van der Waals surface area contributed by atoms with E-state index in [0.717, 1.165) is 37.2 Å². The summed E-state index contributed by atoms with van der Waals surface area (Å²) < 4.78 is 35.0. The quantitative estimate of drug-likeness (QED) is 0.351. The molecular formula is C27H32FN3O5. The second kappa shape index (κ2) is 12.5. The molecule has 1 aliphatic rings. The summed E-state index contributed by atoms with van der Waals surface area (Å²) in [4.78, 5) is 19.0. The van der Waals surface area contributed by atoms with Crippen LogP contribution in [-0.4, -0.2) is 47.8 Å². The molecule has 1 atom stereocenters. The van der Waals surface area contributed by atoms with Crippen LogP contribution in [0.2, 0.25) is 0 Å². The molecule has 0 N–H and O–H groups in total. The smallest absolute Gasteiger partial charge is 0.306 e. The normalized spacial score (nSPS) is 15.4. The lowest BCUT2D eigenvalue weighted by molar-refractivity contribution is -0.144. The predicted molar refractivity (Wildman–Crippen MR) is 130 cm³/mol. The van der Waals surface area contributed by atoms with Crippen LogP contribution in [0, 0.1) is 11.7 Å². The number of methoxy groups -OCH3 is 1. The van der Waals surface area contributed by atoms with Crippen LogP contribution in [-0.2, 0) is 22.7 Å². The number of esters is 1. The first-order valence-corrected chi connectivity index (χ1v) is 12.3. The van der Waals surface area contributed by atoms with Crippen molar-refractivity contribution in [1.82, 2.24) is 15.0 Å². The lowest BCUT2D eigenvalue weighted by Crippen LogP contribution is -2.35. The molecule has 0 bridgehead atoms. The highest BCUT2D eigenvalue weighted by Crippen LogP contribution is 2.36. The first kappa shape index (κ1) is 25.6. The fourth-order valence-electron chi connectivity index (χ4n) is 4.60. The number of benzene rings is 2. The van der Waals surface area contributed by atoms with Crippen molar-refractivity contribution in [3.05, 3.63) is 71.6 Å². The molecule has 1 aliphatic heterocycles. The molecule has 1 fully saturated rings. The van der Waals surface area contributed by atoms with Gasteiger partial charge in [-0.1, -0.05) is 17.3 Å². The zero-order valence-corrected chi connectivity index (χ0v) is 20.7. The van der Waals surface area contributed by atoms with Crippen LogP contribution >= 0.6 is 0 Å². The van der Waals surface area contributed by atoms with Gasteiger partial charge in [-0.3, -0.25) is 9.69 Å². The number of likely N-dealkylation sites (tertiary alicyclic amines) is 1. The summed E-state index contributed by atoms with van der Waals surface area (Å²) in [5, 5.41) is 4.03. The molecule has 0 radical (unpaired) electrons. The number of hydrogen-bond acceptors (Lipinski definition) is 8. The molecule has 0 amide bonds. The van der Waals surface area contributed by atoms with Crippen LogP contribution in [0.15, 0.2) is 53.1 Å². The molecule has 192 valence electrons. The van der Waals surface area contributed by atoms with E-state index in [2.05, 4.69) is 15.0 Å². The molecule has 0 spiro atoms. The molecule has 4 rings (SSSR count). The first-order valence-electron chi connectivity index (χ1n) is 12.3. The molecule has 9 heteroatoms. The highest BCUT2D eigenvalue weighted by Gasteiger charge is 2.30. The lowest BCUT2D eigenvalue weighted by Gasteiger charge is -2.35. The number of nitrogens with zero attached hydrogens (tertiary/aromatic N) is 3. The maximum absolute atomic E-state index is 13.5. The number of piperidine rings is 1. The molecule has 0 aliphatic carbocycles. The summed E-state index contributed by atoms with van der Waals surface area (Å²) in [5.74, 6) is 2.29. The minimum Gasteiger partial charge on any atom is -0.497 e. The molecule has 1 saturated heterocycles. The molecule has 1 aromatic heterocycles. The Kier molecular flexibility index (Phi) is 8.89. The number of aromatic nitrogens is 2. The van der Waals surface area contributed by atoms with E-state index in [4.69, 9.17) is 18.7 Å². The van der Waals surface area contributed by atoms with Crippen LogP contribution in [0.25, 0.3) is 0 Å². The molecule has 0 unspecified atom stereocenters. The van der Waals surface area contributed by atoms with Gasteiger partial charge in [0.1, 0.15) is 17.3 Å². The van der Waals surface area contributed by atoms with Crippen LogP contribution < -0.4 is 9.47 Å². The number of carbonyl (C=O) groups is 1. The third kappa shape index (κ3) is 7.04. The fraction of sp³-hybridized carbons (Fsp3) is 0.444. The van der Waals surface area contributed by atoms with Gasteiger partial charge in [-0.05, 0) is 86.7 Å². The van der Waals surface area contributed by atoms with Crippen molar-refractivity contribution in [1.29, 1.82) is 0 Å². The summed E-state index contributed by atoms with van der Waals surface area (Å²) in [6.07, 6.45) is 2.11. The third-order valence-corrected chi connectivity index (χ3v) is 6.49. The Morgan fingerprint density at radius 1 is 1.11 bits per heavy atom. The number of carbonyl (C=O) groups excluding carboxylic acids is 1. The maximum Gasteiger partial charge on any atom is 0.306 e. The van der Waals surface area contributed by atoms with Gasteiger partial charge in [0.25, 0.3) is 0 Å². The van der Waals surface area contributed by atoms with E-state index in [-0.39, 0.29) is 24.3 Å². The van der Waals surface area contributed by atoms with Crippen molar-refractivity contribution >= 4 is 5.97 Å². The van der Waals surface area contributed by atoms with Gasteiger partial charge in [0.05, 0.1) is 26.7 Å². The Morgan fingerprint density at radius 3 is 2.47 bits per heavy atom. The predicted octanol–water partition coefficient (Wildman–Crippen LogP) is 4.75. The van der Waals surface area contributed by atoms with Crippen LogP contribution in [0.4, 0.5) is 4.39 Å². The molecule has 0 saturated carbocycles. The van der Waals surface area contributed by atoms with Gasteiger partial charge in [0.2, 0.25) is 11.7 Å². The summed E-state index contributed by atoms with van der Waals surface area (Å²) in [5.41, 5.74) is 0.973. The van der Waals surface area contributed by atoms with Crippen molar-refractivity contribution in [2.24, 2.45) is 5.92 Å². The van der Waals surface area contributed by atoms with Gasteiger partial charge in [-0.25, -0.2) is 4.39 Å². The number of rotatable bonds is 11. The Labute approximate surface area is 210 Å². The van der Waals surface area contributed by atoms with E-state index in [1.165, 1.54) is 12.1 Å². The average molecular weight is 498 g/mol. The molecule has 3 aromatic rings. The minimum absolute atomic E-state index is 0.00286. The topological polar surface area (TPSA) is 86.9 Å². The average Bonchev–Trinajstić information content (AvgIpc) is 3.35. The van der Waals surface area contributed by atoms with Crippen LogP contribution in [0.3, 0.4) is 0 Å². The summed E-state index contributed by atoms with van der Waals surface area (Å²) >= 11 is 0. The SMILES string of the molecule is CCOC(=O)C[C@H](c1ccc(F)cc1)C1CCN(Cc2nc(COc3ccc(OC)cc3)no2)CC1. The van der Waals surface area contributed by atoms with Gasteiger partial charge in [0.15, 0.2) is 6.61 Å². The van der Waals surface area contributed by atoms with E-state index >= 15 is 0 Å². The Balaban J connectivity index is 1.29. The lowest BCUT2D eigenvalue weighted by atomic mass is 9.78. The fourth-order valence-corrected chi connectivity index (χ4v) is 4.60. The first-order chi connectivity index (χ1) is 17.5. The Hall–Kier alpha value is -3.46. The van der Waals surface area contributed by atoms with E-state index in [1.54, 1.807) is 26.2 Å². The molecule has 36 heavy (non-hydrogen) atoms. The number of halogens is 1. The number of hydrogen-bond donors (Lipinski definition) is 0. The molecular weight excluding hydrogens is 465 g/mol. The molecule has 2 heterocycles. The van der Waals surface area contributed by atoms with E-state index in [1.807, 2.05) is 24.3 Å². The maximum atomic E-state index is 13.5. The van der Waals surface area contributed by atoms with Crippen molar-refractivity contribution < 1.29 is 27.9 Å². The van der Waals surface area contributed by atoms with Gasteiger partial charge in [-0.15, -0.1) is 0 Å². The summed E-state index contributed by atoms with van der Waals surface area (Å²) in [6.45, 7) is 4.60. The highest BCUT2D eigenvalue weighted by atomic mass is 19.1. The minimum atomic E-state index is -0.281. The third-order valence-electron chi connectivity index (χ3n) is 6.49. The largest absolute Gasteiger partial charge is 0.497 e. The van der Waals surface area contributed by atoms with Gasteiger partial charge >= 0.3 is 5.97 Å². The zero-order chi connectivity index (χ0) is 25.3. The van der Waals surface area contributed by atoms with E-state index < -0.39 is 0 Å². The zero-order valence-electron chi connectivity index (χ0n) is 20.7. The van der Waals surface area contributed by atoms with Crippen molar-refractivity contribution in [3.63, 3.8) is 0 Å². The van der Waals surface area contributed by atoms with Crippen molar-refractivity contribution in [3.8, 4) is 11.5 Å². The van der Waals surface area contributed by atoms with Crippen LogP contribution in [0.5, 0.6) is 11.5 Å². The Morgan fingerprint density at radius 2 is 1.81 bits per heavy atom. The number of ether oxygens (including phenoxy) is 3. The molecule has 2 aromatic carbocycles.